The van der Waals surface area contributed by atoms with E-state index in [1.54, 1.807) is 30.1 Å². The highest BCUT2D eigenvalue weighted by atomic mass is 16.5. The lowest BCUT2D eigenvalue weighted by molar-refractivity contribution is -0.116. The summed E-state index contributed by atoms with van der Waals surface area (Å²) in [5, 5.41) is 7.03. The molecule has 1 N–H and O–H groups in total. The maximum Gasteiger partial charge on any atom is 0.337 e. The van der Waals surface area contributed by atoms with Crippen LogP contribution in [-0.2, 0) is 16.6 Å². The number of hydrogen-bond acceptors (Lipinski definition) is 4. The zero-order chi connectivity index (χ0) is 15.0. The number of amides is 1. The van der Waals surface area contributed by atoms with Gasteiger partial charge in [0.1, 0.15) is 5.82 Å². The summed E-state index contributed by atoms with van der Waals surface area (Å²) in [5.41, 5.74) is 2.46. The van der Waals surface area contributed by atoms with Crippen LogP contribution in [0.5, 0.6) is 0 Å². The van der Waals surface area contributed by atoms with Crippen molar-refractivity contribution in [3.05, 3.63) is 47.2 Å². The Bertz CT molecular complexity index is 703. The zero-order valence-corrected chi connectivity index (χ0v) is 11.8. The number of anilines is 1. The van der Waals surface area contributed by atoms with E-state index in [1.807, 2.05) is 12.1 Å². The summed E-state index contributed by atoms with van der Waals surface area (Å²) in [6.45, 7) is 0. The molecule has 1 atom stereocenters. The minimum absolute atomic E-state index is 0.0341. The number of aromatic nitrogens is 2. The van der Waals surface area contributed by atoms with Crippen molar-refractivity contribution in [3.63, 3.8) is 0 Å². The van der Waals surface area contributed by atoms with Gasteiger partial charge in [-0.1, -0.05) is 12.1 Å². The van der Waals surface area contributed by atoms with Crippen LogP contribution < -0.4 is 5.32 Å². The Balaban J connectivity index is 1.97. The quantitative estimate of drug-likeness (QED) is 0.852. The molecule has 0 saturated heterocycles. The molecule has 21 heavy (non-hydrogen) atoms. The topological polar surface area (TPSA) is 73.2 Å². The summed E-state index contributed by atoms with van der Waals surface area (Å²) in [5.74, 6) is 0.278. The lowest BCUT2D eigenvalue weighted by Gasteiger charge is -2.23. The smallest absolute Gasteiger partial charge is 0.337 e. The molecular formula is C15H15N3O3. The van der Waals surface area contributed by atoms with Gasteiger partial charge in [-0.25, -0.2) is 4.79 Å². The molecule has 0 saturated carbocycles. The first-order valence-electron chi connectivity index (χ1n) is 6.60. The number of aryl methyl sites for hydroxylation is 1. The Morgan fingerprint density at radius 2 is 2.10 bits per heavy atom. The van der Waals surface area contributed by atoms with Gasteiger partial charge in [0.15, 0.2) is 0 Å². The molecule has 1 amide bonds. The van der Waals surface area contributed by atoms with E-state index in [-0.39, 0.29) is 17.8 Å². The van der Waals surface area contributed by atoms with Crippen molar-refractivity contribution in [2.75, 3.05) is 12.4 Å². The fourth-order valence-corrected chi connectivity index (χ4v) is 2.61. The normalized spacial score (nSPS) is 17.0. The molecule has 1 aromatic carbocycles. The van der Waals surface area contributed by atoms with E-state index in [1.165, 1.54) is 7.11 Å². The number of rotatable bonds is 2. The number of ether oxygens (including phenoxy) is 1. The van der Waals surface area contributed by atoms with Crippen molar-refractivity contribution in [1.82, 2.24) is 9.78 Å². The van der Waals surface area contributed by atoms with Crippen molar-refractivity contribution >= 4 is 17.7 Å². The Morgan fingerprint density at radius 1 is 1.38 bits per heavy atom. The Kier molecular flexibility index (Phi) is 3.21. The number of methoxy groups -OCH3 is 1. The molecule has 1 aliphatic heterocycles. The molecule has 0 spiro atoms. The molecule has 2 heterocycles. The van der Waals surface area contributed by atoms with Crippen molar-refractivity contribution in [2.24, 2.45) is 7.05 Å². The van der Waals surface area contributed by atoms with Gasteiger partial charge in [-0.3, -0.25) is 9.48 Å². The molecule has 6 heteroatoms. The molecule has 0 bridgehead atoms. The van der Waals surface area contributed by atoms with E-state index >= 15 is 0 Å². The first-order valence-corrected chi connectivity index (χ1v) is 6.60. The third-order valence-corrected chi connectivity index (χ3v) is 3.72. The molecule has 0 radical (unpaired) electrons. The summed E-state index contributed by atoms with van der Waals surface area (Å²) in [4.78, 5) is 23.3. The molecule has 0 unspecified atom stereocenters. The number of carbonyl (C=O) groups excluding carboxylic acids is 2. The van der Waals surface area contributed by atoms with Crippen LogP contribution >= 0.6 is 0 Å². The lowest BCUT2D eigenvalue weighted by Crippen LogP contribution is -2.24. The Hall–Kier alpha value is -2.63. The van der Waals surface area contributed by atoms with Crippen molar-refractivity contribution in [3.8, 4) is 0 Å². The fourth-order valence-electron chi connectivity index (χ4n) is 2.61. The maximum absolute atomic E-state index is 11.9. The lowest BCUT2D eigenvalue weighted by atomic mass is 9.87. The van der Waals surface area contributed by atoms with E-state index in [9.17, 15) is 9.59 Å². The predicted octanol–water partition coefficient (Wildman–Crippen LogP) is 1.68. The molecule has 1 aromatic heterocycles. The predicted molar refractivity (Wildman–Crippen MR) is 76.1 cm³/mol. The van der Waals surface area contributed by atoms with Crippen LogP contribution in [0.2, 0.25) is 0 Å². The van der Waals surface area contributed by atoms with E-state index in [0.29, 0.717) is 12.0 Å². The number of nitrogens with zero attached hydrogens (tertiary/aromatic N) is 2. The average molecular weight is 285 g/mol. The summed E-state index contributed by atoms with van der Waals surface area (Å²) < 4.78 is 6.34. The molecular weight excluding hydrogens is 270 g/mol. The molecule has 1 aliphatic rings. The van der Waals surface area contributed by atoms with Gasteiger partial charge in [-0.2, -0.15) is 5.10 Å². The van der Waals surface area contributed by atoms with Gasteiger partial charge in [-0.15, -0.1) is 0 Å². The number of benzene rings is 1. The van der Waals surface area contributed by atoms with E-state index in [2.05, 4.69) is 15.2 Å². The second-order valence-electron chi connectivity index (χ2n) is 4.99. The summed E-state index contributed by atoms with van der Waals surface area (Å²) in [7, 11) is 3.14. The molecule has 2 aromatic rings. The van der Waals surface area contributed by atoms with Gasteiger partial charge < -0.3 is 10.1 Å². The van der Waals surface area contributed by atoms with Gasteiger partial charge in [0.2, 0.25) is 5.91 Å². The van der Waals surface area contributed by atoms with Crippen molar-refractivity contribution in [1.29, 1.82) is 0 Å². The minimum atomic E-state index is -0.370. The Morgan fingerprint density at radius 3 is 2.76 bits per heavy atom. The average Bonchev–Trinajstić information content (AvgIpc) is 2.87. The van der Waals surface area contributed by atoms with Crippen LogP contribution in [0.3, 0.4) is 0 Å². The van der Waals surface area contributed by atoms with Crippen LogP contribution in [0.15, 0.2) is 30.5 Å². The molecule has 108 valence electrons. The van der Waals surface area contributed by atoms with Crippen LogP contribution in [0.1, 0.15) is 33.8 Å². The second kappa shape index (κ2) is 5.05. The highest BCUT2D eigenvalue weighted by molar-refractivity contribution is 5.94. The first-order chi connectivity index (χ1) is 10.1. The first kappa shape index (κ1) is 13.4. The number of carbonyl (C=O) groups is 2. The summed E-state index contributed by atoms with van der Waals surface area (Å²) in [6, 6.07) is 7.13. The van der Waals surface area contributed by atoms with Crippen molar-refractivity contribution in [2.45, 2.75) is 12.3 Å². The van der Waals surface area contributed by atoms with E-state index in [4.69, 9.17) is 0 Å². The molecule has 6 nitrogen and oxygen atoms in total. The standard InChI is InChI=1S/C15H15N3O3/c1-18-14-12(8-16-18)11(7-13(19)17-14)9-3-5-10(6-4-9)15(20)21-2/h3-6,8,11H,7H2,1-2H3,(H,17,19)/t11-/m1/s1. The highest BCUT2D eigenvalue weighted by Crippen LogP contribution is 2.36. The SMILES string of the molecule is COC(=O)c1ccc([C@H]2CC(=O)Nc3c2cnn3C)cc1. The fraction of sp³-hybridized carbons (Fsp3) is 0.267. The van der Waals surface area contributed by atoms with Crippen molar-refractivity contribution < 1.29 is 14.3 Å². The zero-order valence-electron chi connectivity index (χ0n) is 11.8. The third kappa shape index (κ3) is 2.29. The highest BCUT2D eigenvalue weighted by Gasteiger charge is 2.29. The summed E-state index contributed by atoms with van der Waals surface area (Å²) >= 11 is 0. The van der Waals surface area contributed by atoms with E-state index < -0.39 is 0 Å². The van der Waals surface area contributed by atoms with Crippen LogP contribution in [0.25, 0.3) is 0 Å². The van der Waals surface area contributed by atoms with Gasteiger partial charge in [-0.05, 0) is 17.7 Å². The summed E-state index contributed by atoms with van der Waals surface area (Å²) in [6.07, 6.45) is 2.14. The molecule has 3 rings (SSSR count). The Labute approximate surface area is 121 Å². The number of fused-ring (bicyclic) bond motifs is 1. The van der Waals surface area contributed by atoms with Gasteiger partial charge in [0.25, 0.3) is 0 Å². The second-order valence-corrected chi connectivity index (χ2v) is 4.99. The van der Waals surface area contributed by atoms with Crippen LogP contribution in [0, 0.1) is 0 Å². The van der Waals surface area contributed by atoms with Crippen LogP contribution in [-0.4, -0.2) is 28.8 Å². The molecule has 0 aliphatic carbocycles. The van der Waals surface area contributed by atoms with Crippen LogP contribution in [0.4, 0.5) is 5.82 Å². The number of hydrogen-bond donors (Lipinski definition) is 1. The minimum Gasteiger partial charge on any atom is -0.465 e. The maximum atomic E-state index is 11.9. The van der Waals surface area contributed by atoms with Gasteiger partial charge in [0, 0.05) is 24.9 Å². The van der Waals surface area contributed by atoms with Gasteiger partial charge >= 0.3 is 5.97 Å². The van der Waals surface area contributed by atoms with E-state index in [0.717, 1.165) is 16.9 Å². The number of nitrogens with one attached hydrogen (secondary N) is 1. The number of esters is 1. The monoisotopic (exact) mass is 285 g/mol. The third-order valence-electron chi connectivity index (χ3n) is 3.72. The largest absolute Gasteiger partial charge is 0.465 e. The molecule has 0 fully saturated rings. The van der Waals surface area contributed by atoms with Gasteiger partial charge in [0.05, 0.1) is 18.9 Å².